The number of hydrogen-bond acceptors (Lipinski definition) is 10. The van der Waals surface area contributed by atoms with Gasteiger partial charge in [0.05, 0.1) is 35.5 Å². The Morgan fingerprint density at radius 1 is 1.05 bits per heavy atom. The molecule has 0 spiro atoms. The fraction of sp³-hybridized carbons (Fsp3) is 0.310. The molecule has 2 N–H and O–H groups in total. The van der Waals surface area contributed by atoms with Gasteiger partial charge in [-0.15, -0.1) is 10.2 Å². The first kappa shape index (κ1) is 31.0. The average Bonchev–Trinajstić information content (AvgIpc) is 3.50. The second kappa shape index (κ2) is 12.9. The quantitative estimate of drug-likeness (QED) is 0.252. The fourth-order valence-corrected chi connectivity index (χ4v) is 4.28. The summed E-state index contributed by atoms with van der Waals surface area (Å²) in [7, 11) is 1.15. The molecule has 0 aliphatic carbocycles. The lowest BCUT2D eigenvalue weighted by Crippen LogP contribution is -2.46. The van der Waals surface area contributed by atoms with Gasteiger partial charge in [0.25, 0.3) is 11.4 Å². The molecule has 0 radical (unpaired) electrons. The molecule has 224 valence electrons. The molecule has 0 saturated carbocycles. The molecule has 14 heteroatoms. The monoisotopic (exact) mass is 607 g/mol. The van der Waals surface area contributed by atoms with Crippen molar-refractivity contribution in [2.45, 2.75) is 45.7 Å². The highest BCUT2D eigenvalue weighted by atomic mass is 35.5. The molecule has 43 heavy (non-hydrogen) atoms. The number of ketones is 1. The van der Waals surface area contributed by atoms with E-state index < -0.39 is 41.3 Å². The van der Waals surface area contributed by atoms with Crippen molar-refractivity contribution < 1.29 is 23.5 Å². The number of carbonyl (C=O) groups is 3. The van der Waals surface area contributed by atoms with E-state index in [-0.39, 0.29) is 29.2 Å². The van der Waals surface area contributed by atoms with Crippen LogP contribution in [-0.4, -0.2) is 55.7 Å². The molecule has 4 rings (SSSR count). The molecule has 2 amide bonds. The van der Waals surface area contributed by atoms with Crippen LogP contribution in [0, 0.1) is 5.92 Å². The standard InChI is InChI=1S/C29H30ClN7O6/c1-16(2)22(23(39)25-35-36-27(43-25)29(3,4)20-12-11-18(30)13-31-20)34-21(38)15-37-24(17-9-7-6-8-10-17)32-14-19(26(37)40)33-28(41)42-5/h6-14,16,22H,15H2,1-5H3,(H,33,41)(H,34,38). The lowest BCUT2D eigenvalue weighted by Gasteiger charge is -2.21. The number of benzene rings is 1. The minimum Gasteiger partial charge on any atom is -0.453 e. The van der Waals surface area contributed by atoms with E-state index in [0.717, 1.165) is 11.7 Å². The predicted molar refractivity (Wildman–Crippen MR) is 157 cm³/mol. The first-order valence-electron chi connectivity index (χ1n) is 13.2. The van der Waals surface area contributed by atoms with Crippen LogP contribution >= 0.6 is 11.6 Å². The summed E-state index contributed by atoms with van der Waals surface area (Å²) in [5.41, 5.74) is -0.554. The second-order valence-corrected chi connectivity index (χ2v) is 10.9. The van der Waals surface area contributed by atoms with Gasteiger partial charge in [0.2, 0.25) is 17.6 Å². The van der Waals surface area contributed by atoms with Crippen LogP contribution < -0.4 is 16.2 Å². The zero-order valence-corrected chi connectivity index (χ0v) is 24.9. The number of ether oxygens (including phenoxy) is 1. The molecule has 0 aliphatic heterocycles. The van der Waals surface area contributed by atoms with Gasteiger partial charge in [0.15, 0.2) is 0 Å². The smallest absolute Gasteiger partial charge is 0.411 e. The molecule has 3 aromatic heterocycles. The van der Waals surface area contributed by atoms with E-state index in [9.17, 15) is 19.2 Å². The second-order valence-electron chi connectivity index (χ2n) is 10.4. The van der Waals surface area contributed by atoms with Gasteiger partial charge in [-0.25, -0.2) is 9.78 Å². The topological polar surface area (TPSA) is 171 Å². The van der Waals surface area contributed by atoms with Crippen LogP contribution in [0.5, 0.6) is 0 Å². The van der Waals surface area contributed by atoms with Gasteiger partial charge in [-0.05, 0) is 31.9 Å². The van der Waals surface area contributed by atoms with Crippen LogP contribution in [-0.2, 0) is 21.5 Å². The average molecular weight is 608 g/mol. The Bertz CT molecular complexity index is 1680. The van der Waals surface area contributed by atoms with Crippen molar-refractivity contribution >= 4 is 35.1 Å². The predicted octanol–water partition coefficient (Wildman–Crippen LogP) is 3.87. The summed E-state index contributed by atoms with van der Waals surface area (Å²) in [4.78, 5) is 60.5. The SMILES string of the molecule is COC(=O)Nc1cnc(-c2ccccc2)n(CC(=O)NC(C(=O)c2nnc(C(C)(C)c3ccc(Cl)cn3)o2)C(C)C)c1=O. The lowest BCUT2D eigenvalue weighted by molar-refractivity contribution is -0.122. The lowest BCUT2D eigenvalue weighted by atomic mass is 9.89. The Hall–Kier alpha value is -4.91. The number of pyridine rings is 1. The van der Waals surface area contributed by atoms with Crippen molar-refractivity contribution in [2.24, 2.45) is 5.92 Å². The minimum atomic E-state index is -1.06. The number of halogens is 1. The third-order valence-electron chi connectivity index (χ3n) is 6.61. The van der Waals surface area contributed by atoms with Crippen molar-refractivity contribution in [3.8, 4) is 11.4 Å². The molecule has 0 bridgehead atoms. The van der Waals surface area contributed by atoms with Crippen molar-refractivity contribution in [2.75, 3.05) is 12.4 Å². The normalized spacial score (nSPS) is 12.1. The molecule has 3 heterocycles. The van der Waals surface area contributed by atoms with Crippen LogP contribution in [0.1, 0.15) is 50.0 Å². The van der Waals surface area contributed by atoms with Crippen molar-refractivity contribution in [3.63, 3.8) is 0 Å². The number of Topliss-reactive ketones (excluding diaryl/α,β-unsaturated/α-hetero) is 1. The minimum absolute atomic E-state index is 0.152. The molecule has 1 aromatic carbocycles. The number of nitrogens with zero attached hydrogens (tertiary/aromatic N) is 5. The maximum Gasteiger partial charge on any atom is 0.411 e. The highest BCUT2D eigenvalue weighted by Crippen LogP contribution is 2.30. The zero-order chi connectivity index (χ0) is 31.3. The summed E-state index contributed by atoms with van der Waals surface area (Å²) >= 11 is 5.96. The molecule has 1 atom stereocenters. The largest absolute Gasteiger partial charge is 0.453 e. The van der Waals surface area contributed by atoms with E-state index >= 15 is 0 Å². The summed E-state index contributed by atoms with van der Waals surface area (Å²) in [5, 5.41) is 13.5. The Morgan fingerprint density at radius 3 is 2.40 bits per heavy atom. The Labute approximate surface area is 251 Å². The summed E-state index contributed by atoms with van der Waals surface area (Å²) in [6, 6.07) is 11.1. The molecular weight excluding hydrogens is 578 g/mol. The van der Waals surface area contributed by atoms with Gasteiger partial charge in [0, 0.05) is 11.8 Å². The van der Waals surface area contributed by atoms with Gasteiger partial charge in [-0.1, -0.05) is 55.8 Å². The van der Waals surface area contributed by atoms with Crippen molar-refractivity contribution in [3.05, 3.63) is 87.7 Å². The molecule has 0 saturated heterocycles. The van der Waals surface area contributed by atoms with Gasteiger partial charge in [0.1, 0.15) is 18.1 Å². The number of amides is 2. The van der Waals surface area contributed by atoms with Crippen LogP contribution in [0.3, 0.4) is 0 Å². The third-order valence-corrected chi connectivity index (χ3v) is 6.83. The van der Waals surface area contributed by atoms with E-state index in [1.165, 1.54) is 12.4 Å². The molecule has 1 unspecified atom stereocenters. The fourth-order valence-electron chi connectivity index (χ4n) is 4.16. The van der Waals surface area contributed by atoms with Gasteiger partial charge >= 0.3 is 6.09 Å². The molecule has 4 aromatic rings. The third kappa shape index (κ3) is 6.95. The Morgan fingerprint density at radius 2 is 1.77 bits per heavy atom. The maximum atomic E-state index is 13.5. The number of rotatable bonds is 10. The molecule has 13 nitrogen and oxygen atoms in total. The Balaban J connectivity index is 1.59. The van der Waals surface area contributed by atoms with Crippen LogP contribution in [0.15, 0.2) is 64.1 Å². The van der Waals surface area contributed by atoms with Crippen LogP contribution in [0.4, 0.5) is 10.5 Å². The van der Waals surface area contributed by atoms with Crippen LogP contribution in [0.2, 0.25) is 5.02 Å². The molecule has 0 fully saturated rings. The highest BCUT2D eigenvalue weighted by Gasteiger charge is 2.35. The summed E-state index contributed by atoms with van der Waals surface area (Å²) in [5.74, 6) is -1.59. The van der Waals surface area contributed by atoms with E-state index in [0.29, 0.717) is 16.3 Å². The number of aromatic nitrogens is 5. The van der Waals surface area contributed by atoms with Crippen molar-refractivity contribution in [1.29, 1.82) is 0 Å². The highest BCUT2D eigenvalue weighted by molar-refractivity contribution is 6.30. The van der Waals surface area contributed by atoms with E-state index in [1.54, 1.807) is 56.3 Å². The first-order chi connectivity index (χ1) is 20.4. The molecule has 0 aliphatic rings. The van der Waals surface area contributed by atoms with Crippen molar-refractivity contribution in [1.82, 2.24) is 30.0 Å². The van der Waals surface area contributed by atoms with Crippen LogP contribution in [0.25, 0.3) is 11.4 Å². The Kier molecular flexibility index (Phi) is 9.34. The first-order valence-corrected chi connectivity index (χ1v) is 13.6. The number of nitrogens with one attached hydrogen (secondary N) is 2. The van der Waals surface area contributed by atoms with E-state index in [4.69, 9.17) is 16.0 Å². The van der Waals surface area contributed by atoms with E-state index in [1.807, 2.05) is 13.8 Å². The number of methoxy groups -OCH3 is 1. The summed E-state index contributed by atoms with van der Waals surface area (Å²) < 4.78 is 11.4. The van der Waals surface area contributed by atoms with Gasteiger partial charge in [-0.2, -0.15) is 0 Å². The number of anilines is 1. The number of hydrogen-bond donors (Lipinski definition) is 2. The zero-order valence-electron chi connectivity index (χ0n) is 24.1. The molecular formula is C29H30ClN7O6. The van der Waals surface area contributed by atoms with Gasteiger partial charge < -0.3 is 14.5 Å². The summed E-state index contributed by atoms with van der Waals surface area (Å²) in [6.07, 6.45) is 1.81. The summed E-state index contributed by atoms with van der Waals surface area (Å²) in [6.45, 7) is 6.60. The van der Waals surface area contributed by atoms with E-state index in [2.05, 4.69) is 35.5 Å². The number of carbonyl (C=O) groups excluding carboxylic acids is 3. The van der Waals surface area contributed by atoms with Gasteiger partial charge in [-0.3, -0.25) is 29.3 Å². The maximum absolute atomic E-state index is 13.5.